The maximum absolute atomic E-state index is 10.7. The zero-order valence-electron chi connectivity index (χ0n) is 9.24. The Morgan fingerprint density at radius 1 is 1.00 bits per heavy atom. The van der Waals surface area contributed by atoms with Crippen LogP contribution in [0.5, 0.6) is 0 Å². The van der Waals surface area contributed by atoms with Gasteiger partial charge in [-0.15, -0.1) is 0 Å². The van der Waals surface area contributed by atoms with Crippen LogP contribution in [-0.2, 0) is 4.57 Å². The molecule has 0 radical (unpaired) electrons. The van der Waals surface area contributed by atoms with E-state index >= 15 is 0 Å². The minimum Gasteiger partial charge on any atom is -0.333 e. The molecule has 0 rings (SSSR count). The molecule has 0 spiro atoms. The molecule has 0 aromatic heterocycles. The lowest BCUT2D eigenvalue weighted by molar-refractivity contribution is 0.475. The van der Waals surface area contributed by atoms with Gasteiger partial charge in [0.1, 0.15) is 0 Å². The lowest BCUT2D eigenvalue weighted by Gasteiger charge is -2.04. The van der Waals surface area contributed by atoms with Gasteiger partial charge in [-0.25, -0.2) is 0 Å². The normalized spacial score (nSPS) is 15.4. The van der Waals surface area contributed by atoms with Gasteiger partial charge in [0.05, 0.1) is 0 Å². The van der Waals surface area contributed by atoms with E-state index < -0.39 is 7.52 Å². The van der Waals surface area contributed by atoms with Crippen LogP contribution in [0.15, 0.2) is 0 Å². The van der Waals surface area contributed by atoms with Crippen LogP contribution in [-0.4, -0.2) is 11.1 Å². The molecule has 0 saturated heterocycles. The number of rotatable bonds is 9. The van der Waals surface area contributed by atoms with Crippen molar-refractivity contribution in [1.82, 2.24) is 0 Å². The largest absolute Gasteiger partial charge is 0.333 e. The summed E-state index contributed by atoms with van der Waals surface area (Å²) >= 11 is 0. The summed E-state index contributed by atoms with van der Waals surface area (Å²) in [6.07, 6.45) is 9.76. The van der Waals surface area contributed by atoms with Gasteiger partial charge in [-0.05, 0) is 6.42 Å². The van der Waals surface area contributed by atoms with E-state index in [1.165, 1.54) is 38.5 Å². The fourth-order valence-electron chi connectivity index (χ4n) is 1.47. The first-order valence-electron chi connectivity index (χ1n) is 5.66. The average molecular weight is 221 g/mol. The molecule has 3 N–H and O–H groups in total. The predicted molar refractivity (Wildman–Crippen MR) is 61.5 cm³/mol. The van der Waals surface area contributed by atoms with Crippen LogP contribution in [0.3, 0.4) is 0 Å². The molecule has 0 aromatic rings. The molecule has 1 unspecified atom stereocenters. The average Bonchev–Trinajstić information content (AvgIpc) is 2.08. The van der Waals surface area contributed by atoms with Crippen LogP contribution >= 0.6 is 7.52 Å². The lowest BCUT2D eigenvalue weighted by Crippen LogP contribution is -1.98. The van der Waals surface area contributed by atoms with Gasteiger partial charge in [-0.1, -0.05) is 51.9 Å². The molecule has 0 saturated carbocycles. The Morgan fingerprint density at radius 2 is 1.43 bits per heavy atom. The molecule has 0 aromatic carbocycles. The van der Waals surface area contributed by atoms with Crippen LogP contribution < -0.4 is 5.50 Å². The van der Waals surface area contributed by atoms with E-state index in [2.05, 4.69) is 6.92 Å². The van der Waals surface area contributed by atoms with E-state index in [4.69, 9.17) is 10.4 Å². The first-order valence-corrected chi connectivity index (χ1v) is 7.58. The van der Waals surface area contributed by atoms with Gasteiger partial charge in [0.25, 0.3) is 7.52 Å². The Balaban J connectivity index is 3.03. The maximum Gasteiger partial charge on any atom is 0.264 e. The third-order valence-corrected chi connectivity index (χ3v) is 3.29. The smallest absolute Gasteiger partial charge is 0.264 e. The molecule has 0 aliphatic rings. The van der Waals surface area contributed by atoms with Crippen molar-refractivity contribution >= 4 is 7.52 Å². The highest BCUT2D eigenvalue weighted by Gasteiger charge is 2.08. The summed E-state index contributed by atoms with van der Waals surface area (Å²) in [7, 11) is -3.23. The molecule has 86 valence electrons. The second kappa shape index (κ2) is 8.46. The Morgan fingerprint density at radius 3 is 1.86 bits per heavy atom. The van der Waals surface area contributed by atoms with Crippen LogP contribution in [0.4, 0.5) is 0 Å². The number of hydrogen-bond donors (Lipinski definition) is 2. The molecule has 0 amide bonds. The van der Waals surface area contributed by atoms with E-state index in [1.807, 2.05) is 0 Å². The van der Waals surface area contributed by atoms with Crippen LogP contribution in [0.2, 0.25) is 0 Å². The van der Waals surface area contributed by atoms with E-state index in [9.17, 15) is 4.57 Å². The van der Waals surface area contributed by atoms with E-state index in [1.54, 1.807) is 0 Å². The van der Waals surface area contributed by atoms with Crippen molar-refractivity contribution in [2.24, 2.45) is 5.50 Å². The van der Waals surface area contributed by atoms with Gasteiger partial charge in [-0.3, -0.25) is 10.1 Å². The molecule has 0 fully saturated rings. The van der Waals surface area contributed by atoms with Gasteiger partial charge < -0.3 is 4.89 Å². The van der Waals surface area contributed by atoms with E-state index in [0.717, 1.165) is 12.8 Å². The quantitative estimate of drug-likeness (QED) is 0.464. The highest BCUT2D eigenvalue weighted by Crippen LogP contribution is 2.31. The minimum atomic E-state index is -3.23. The topological polar surface area (TPSA) is 63.3 Å². The molecule has 3 nitrogen and oxygen atoms in total. The number of hydrogen-bond acceptors (Lipinski definition) is 1. The van der Waals surface area contributed by atoms with Crippen molar-refractivity contribution in [1.29, 1.82) is 0 Å². The number of unbranched alkanes of at least 4 members (excludes halogenated alkanes) is 7. The predicted octanol–water partition coefficient (Wildman–Crippen LogP) is 3.27. The minimum absolute atomic E-state index is 0.280. The van der Waals surface area contributed by atoms with Crippen molar-refractivity contribution in [3.63, 3.8) is 0 Å². The summed E-state index contributed by atoms with van der Waals surface area (Å²) in [5, 5.41) is 0. The Kier molecular flexibility index (Phi) is 8.55. The third-order valence-electron chi connectivity index (χ3n) is 2.33. The molecule has 4 heteroatoms. The molecule has 0 aliphatic heterocycles. The molecular weight excluding hydrogens is 197 g/mol. The summed E-state index contributed by atoms with van der Waals surface area (Å²) in [6.45, 7) is 2.21. The lowest BCUT2D eigenvalue weighted by atomic mass is 10.1. The highest BCUT2D eigenvalue weighted by atomic mass is 31.2. The fraction of sp³-hybridized carbons (Fsp3) is 1.00. The van der Waals surface area contributed by atoms with Crippen molar-refractivity contribution < 1.29 is 9.46 Å². The van der Waals surface area contributed by atoms with Crippen molar-refractivity contribution in [3.05, 3.63) is 0 Å². The van der Waals surface area contributed by atoms with Crippen molar-refractivity contribution in [3.8, 4) is 0 Å². The summed E-state index contributed by atoms with van der Waals surface area (Å²) in [5.74, 6) is 0. The zero-order valence-corrected chi connectivity index (χ0v) is 10.1. The van der Waals surface area contributed by atoms with Gasteiger partial charge in [0.2, 0.25) is 0 Å². The summed E-state index contributed by atoms with van der Waals surface area (Å²) < 4.78 is 10.7. The molecule has 0 bridgehead atoms. The van der Waals surface area contributed by atoms with Crippen molar-refractivity contribution in [2.45, 2.75) is 58.3 Å². The summed E-state index contributed by atoms with van der Waals surface area (Å²) in [4.78, 5) is 8.82. The van der Waals surface area contributed by atoms with Gasteiger partial charge in [0.15, 0.2) is 0 Å². The zero-order chi connectivity index (χ0) is 10.9. The summed E-state index contributed by atoms with van der Waals surface area (Å²) in [5.41, 5.74) is 5.03. The molecule has 14 heavy (non-hydrogen) atoms. The molecule has 0 heterocycles. The molecular formula is C10H24NO2P. The van der Waals surface area contributed by atoms with Crippen molar-refractivity contribution in [2.75, 3.05) is 6.16 Å². The molecule has 0 aliphatic carbocycles. The first kappa shape index (κ1) is 14.2. The maximum atomic E-state index is 10.7. The molecule has 1 atom stereocenters. The summed E-state index contributed by atoms with van der Waals surface area (Å²) in [6, 6.07) is 0. The highest BCUT2D eigenvalue weighted by molar-refractivity contribution is 7.55. The van der Waals surface area contributed by atoms with Crippen LogP contribution in [0.1, 0.15) is 58.3 Å². The second-order valence-corrected chi connectivity index (χ2v) is 5.91. The van der Waals surface area contributed by atoms with Gasteiger partial charge >= 0.3 is 0 Å². The second-order valence-electron chi connectivity index (χ2n) is 3.95. The first-order chi connectivity index (χ1) is 6.56. The number of nitrogens with two attached hydrogens (primary N) is 1. The van der Waals surface area contributed by atoms with E-state index in [0.29, 0.717) is 0 Å². The van der Waals surface area contributed by atoms with Crippen LogP contribution in [0.25, 0.3) is 0 Å². The monoisotopic (exact) mass is 221 g/mol. The van der Waals surface area contributed by atoms with Crippen LogP contribution in [0, 0.1) is 0 Å². The van der Waals surface area contributed by atoms with Gasteiger partial charge in [0, 0.05) is 6.16 Å². The third kappa shape index (κ3) is 12.2. The Labute approximate surface area is 87.6 Å². The fourth-order valence-corrected chi connectivity index (χ4v) is 2.15. The van der Waals surface area contributed by atoms with Gasteiger partial charge in [-0.2, -0.15) is 0 Å². The standard InChI is InChI=1S/C10H24NO2P/c1-2-3-4-5-6-7-8-9-10-14(11,12)13/h2-10H2,1H3,(H3,11,12,13). The Bertz CT molecular complexity index is 168. The SMILES string of the molecule is CCCCCCCCCCP(N)(=O)O. The van der Waals surface area contributed by atoms with E-state index in [-0.39, 0.29) is 6.16 Å². The Hall–Kier alpha value is 0.150.